The first-order chi connectivity index (χ1) is 13.1. The number of carbonyl (C=O) groups excluding carboxylic acids is 2. The van der Waals surface area contributed by atoms with Crippen molar-refractivity contribution in [2.45, 2.75) is 6.42 Å². The van der Waals surface area contributed by atoms with Crippen LogP contribution in [-0.2, 0) is 6.42 Å². The summed E-state index contributed by atoms with van der Waals surface area (Å²) in [6, 6.07) is 23.1. The van der Waals surface area contributed by atoms with Gasteiger partial charge in [0.05, 0.1) is 17.0 Å². The molecule has 0 unspecified atom stereocenters. The van der Waals surface area contributed by atoms with E-state index in [1.165, 1.54) is 16.7 Å². The van der Waals surface area contributed by atoms with E-state index in [2.05, 4.69) is 4.98 Å². The Morgan fingerprint density at radius 2 is 1.44 bits per heavy atom. The standard InChI is InChI=1S/C22H16N2O3/c25-21(16-10-4-5-11-17(16)22(26)27)24-19-13-7-6-12-18(19)23-20(24)14-15-8-2-1-3-9-15/h1-13H,14H2,(H,26,27)/p-1. The maximum absolute atomic E-state index is 13.3. The second-order valence-electron chi connectivity index (χ2n) is 6.15. The van der Waals surface area contributed by atoms with Crippen LogP contribution in [0.1, 0.15) is 32.1 Å². The van der Waals surface area contributed by atoms with Crippen molar-refractivity contribution in [2.24, 2.45) is 0 Å². The van der Waals surface area contributed by atoms with E-state index < -0.39 is 11.9 Å². The van der Waals surface area contributed by atoms with Crippen LogP contribution < -0.4 is 5.11 Å². The van der Waals surface area contributed by atoms with Crippen LogP contribution in [0.2, 0.25) is 0 Å². The molecule has 0 spiro atoms. The molecule has 4 rings (SSSR count). The molecule has 0 radical (unpaired) electrons. The van der Waals surface area contributed by atoms with E-state index in [1.807, 2.05) is 48.5 Å². The Morgan fingerprint density at radius 3 is 2.19 bits per heavy atom. The predicted molar refractivity (Wildman–Crippen MR) is 99.5 cm³/mol. The first kappa shape index (κ1) is 16.7. The van der Waals surface area contributed by atoms with Crippen molar-refractivity contribution in [3.05, 3.63) is 101 Å². The highest BCUT2D eigenvalue weighted by molar-refractivity contribution is 6.08. The zero-order valence-corrected chi connectivity index (χ0v) is 14.3. The minimum absolute atomic E-state index is 0.0787. The Balaban J connectivity index is 1.89. The molecule has 0 bridgehead atoms. The molecule has 4 aromatic rings. The Labute approximate surface area is 155 Å². The second kappa shape index (κ2) is 6.88. The van der Waals surface area contributed by atoms with E-state index in [1.54, 1.807) is 18.2 Å². The third kappa shape index (κ3) is 3.11. The fourth-order valence-corrected chi connectivity index (χ4v) is 3.17. The molecule has 0 saturated carbocycles. The van der Waals surface area contributed by atoms with Crippen LogP contribution in [-0.4, -0.2) is 21.4 Å². The van der Waals surface area contributed by atoms with Gasteiger partial charge in [-0.05, 0) is 23.8 Å². The summed E-state index contributed by atoms with van der Waals surface area (Å²) in [6.07, 6.45) is 0.453. The number of aromatic carboxylic acids is 1. The van der Waals surface area contributed by atoms with Gasteiger partial charge in [0.1, 0.15) is 5.82 Å². The van der Waals surface area contributed by atoms with Crippen LogP contribution in [0.15, 0.2) is 78.9 Å². The van der Waals surface area contributed by atoms with Crippen molar-refractivity contribution in [1.29, 1.82) is 0 Å². The van der Waals surface area contributed by atoms with E-state index in [9.17, 15) is 14.7 Å². The lowest BCUT2D eigenvalue weighted by Gasteiger charge is -2.12. The summed E-state index contributed by atoms with van der Waals surface area (Å²) < 4.78 is 1.49. The number of hydrogen-bond donors (Lipinski definition) is 0. The fourth-order valence-electron chi connectivity index (χ4n) is 3.17. The molecular weight excluding hydrogens is 340 g/mol. The molecule has 0 aliphatic rings. The lowest BCUT2D eigenvalue weighted by atomic mass is 10.1. The number of aromatic nitrogens is 2. The number of para-hydroxylation sites is 2. The number of rotatable bonds is 4. The molecule has 0 aliphatic heterocycles. The van der Waals surface area contributed by atoms with E-state index in [0.29, 0.717) is 23.3 Å². The molecule has 0 fully saturated rings. The van der Waals surface area contributed by atoms with Gasteiger partial charge < -0.3 is 9.90 Å². The van der Waals surface area contributed by atoms with Gasteiger partial charge in [0, 0.05) is 17.5 Å². The van der Waals surface area contributed by atoms with Gasteiger partial charge in [-0.25, -0.2) is 4.98 Å². The molecule has 0 N–H and O–H groups in total. The van der Waals surface area contributed by atoms with Gasteiger partial charge >= 0.3 is 0 Å². The quantitative estimate of drug-likeness (QED) is 0.564. The van der Waals surface area contributed by atoms with Crippen molar-refractivity contribution in [1.82, 2.24) is 9.55 Å². The van der Waals surface area contributed by atoms with Crippen LogP contribution in [0, 0.1) is 0 Å². The molecule has 0 saturated heterocycles. The van der Waals surface area contributed by atoms with Gasteiger partial charge in [-0.2, -0.15) is 0 Å². The third-order valence-electron chi connectivity index (χ3n) is 4.42. The normalized spacial score (nSPS) is 10.8. The Bertz CT molecular complexity index is 1150. The highest BCUT2D eigenvalue weighted by atomic mass is 16.4. The van der Waals surface area contributed by atoms with Crippen molar-refractivity contribution in [3.63, 3.8) is 0 Å². The van der Waals surface area contributed by atoms with E-state index in [4.69, 9.17) is 0 Å². The number of carbonyl (C=O) groups is 2. The summed E-state index contributed by atoms with van der Waals surface area (Å²) in [6.45, 7) is 0. The smallest absolute Gasteiger partial charge is 0.264 e. The molecule has 27 heavy (non-hydrogen) atoms. The lowest BCUT2D eigenvalue weighted by Crippen LogP contribution is -2.27. The van der Waals surface area contributed by atoms with Gasteiger partial charge in [-0.15, -0.1) is 0 Å². The average Bonchev–Trinajstić information content (AvgIpc) is 3.06. The lowest BCUT2D eigenvalue weighted by molar-refractivity contribution is -0.255. The maximum atomic E-state index is 13.3. The second-order valence-corrected chi connectivity index (χ2v) is 6.15. The van der Waals surface area contributed by atoms with Gasteiger partial charge in [0.15, 0.2) is 0 Å². The molecule has 0 atom stereocenters. The molecule has 1 heterocycles. The summed E-state index contributed by atoms with van der Waals surface area (Å²) in [7, 11) is 0. The topological polar surface area (TPSA) is 75.0 Å². The van der Waals surface area contributed by atoms with Gasteiger partial charge in [-0.3, -0.25) is 9.36 Å². The highest BCUT2D eigenvalue weighted by Crippen LogP contribution is 2.21. The van der Waals surface area contributed by atoms with Crippen molar-refractivity contribution in [2.75, 3.05) is 0 Å². The zero-order valence-electron chi connectivity index (χ0n) is 14.3. The van der Waals surface area contributed by atoms with Crippen LogP contribution in [0.5, 0.6) is 0 Å². The summed E-state index contributed by atoms with van der Waals surface area (Å²) >= 11 is 0. The summed E-state index contributed by atoms with van der Waals surface area (Å²) in [4.78, 5) is 29.3. The largest absolute Gasteiger partial charge is 0.545 e. The Hall–Kier alpha value is -3.73. The number of imidazole rings is 1. The van der Waals surface area contributed by atoms with Crippen LogP contribution in [0.25, 0.3) is 11.0 Å². The summed E-state index contributed by atoms with van der Waals surface area (Å²) in [5.74, 6) is -1.26. The monoisotopic (exact) mass is 355 g/mol. The number of benzene rings is 3. The van der Waals surface area contributed by atoms with Gasteiger partial charge in [0.2, 0.25) is 0 Å². The summed E-state index contributed by atoms with van der Waals surface area (Å²) in [5, 5.41) is 11.4. The Morgan fingerprint density at radius 1 is 0.815 bits per heavy atom. The van der Waals surface area contributed by atoms with Crippen LogP contribution in [0.3, 0.4) is 0 Å². The molecule has 132 valence electrons. The summed E-state index contributed by atoms with van der Waals surface area (Å²) in [5.41, 5.74) is 2.28. The Kier molecular flexibility index (Phi) is 4.26. The molecule has 5 heteroatoms. The molecular formula is C22H15N2O3-. The number of carboxylic acids is 1. The average molecular weight is 355 g/mol. The predicted octanol–water partition coefficient (Wildman–Crippen LogP) is 2.68. The first-order valence-corrected chi connectivity index (χ1v) is 8.50. The zero-order chi connectivity index (χ0) is 18.8. The maximum Gasteiger partial charge on any atom is 0.264 e. The SMILES string of the molecule is O=C([O-])c1ccccc1C(=O)n1c(Cc2ccccc2)nc2ccccc21. The highest BCUT2D eigenvalue weighted by Gasteiger charge is 2.20. The minimum atomic E-state index is -1.38. The number of carboxylic acid groups (broad SMARTS) is 1. The molecule has 0 aliphatic carbocycles. The third-order valence-corrected chi connectivity index (χ3v) is 4.42. The number of nitrogens with zero attached hydrogens (tertiary/aromatic N) is 2. The van der Waals surface area contributed by atoms with Gasteiger partial charge in [-0.1, -0.05) is 60.7 Å². The van der Waals surface area contributed by atoms with E-state index >= 15 is 0 Å². The van der Waals surface area contributed by atoms with Crippen molar-refractivity contribution in [3.8, 4) is 0 Å². The fraction of sp³-hybridized carbons (Fsp3) is 0.0455. The van der Waals surface area contributed by atoms with Crippen molar-refractivity contribution >= 4 is 22.9 Å². The van der Waals surface area contributed by atoms with Crippen molar-refractivity contribution < 1.29 is 14.7 Å². The molecule has 3 aromatic carbocycles. The van der Waals surface area contributed by atoms with Crippen LogP contribution in [0.4, 0.5) is 0 Å². The van der Waals surface area contributed by atoms with Gasteiger partial charge in [0.25, 0.3) is 5.91 Å². The molecule has 1 aromatic heterocycles. The minimum Gasteiger partial charge on any atom is -0.545 e. The molecule has 0 amide bonds. The van der Waals surface area contributed by atoms with Crippen LogP contribution >= 0.6 is 0 Å². The number of fused-ring (bicyclic) bond motifs is 1. The van der Waals surface area contributed by atoms with E-state index in [0.717, 1.165) is 5.56 Å². The number of hydrogen-bond acceptors (Lipinski definition) is 4. The molecule has 5 nitrogen and oxygen atoms in total. The first-order valence-electron chi connectivity index (χ1n) is 8.50. The van der Waals surface area contributed by atoms with E-state index in [-0.39, 0.29) is 11.1 Å².